The largest absolute Gasteiger partial charge is 0.416 e. The van der Waals surface area contributed by atoms with Crippen LogP contribution < -0.4 is 4.72 Å². The fraction of sp³-hybridized carbons (Fsp3) is 0.400. The molecule has 0 fully saturated rings. The molecule has 0 aliphatic heterocycles. The number of sulfonamides is 1. The minimum absolute atomic E-state index is 0.117. The van der Waals surface area contributed by atoms with Gasteiger partial charge in [0, 0.05) is 5.69 Å². The van der Waals surface area contributed by atoms with Gasteiger partial charge in [0.25, 0.3) is 0 Å². The summed E-state index contributed by atoms with van der Waals surface area (Å²) in [5, 5.41) is -0.648. The number of rotatable bonds is 3. The quantitative estimate of drug-likeness (QED) is 0.915. The van der Waals surface area contributed by atoms with Gasteiger partial charge in [-0.2, -0.15) is 13.2 Å². The summed E-state index contributed by atoms with van der Waals surface area (Å²) in [6.07, 6.45) is -4.42. The van der Waals surface area contributed by atoms with Crippen LogP contribution in [0.1, 0.15) is 19.4 Å². The van der Waals surface area contributed by atoms with E-state index in [0.717, 1.165) is 24.3 Å². The molecule has 3 nitrogen and oxygen atoms in total. The summed E-state index contributed by atoms with van der Waals surface area (Å²) in [5.74, 6) is 0. The van der Waals surface area contributed by atoms with Crippen molar-refractivity contribution in [2.24, 2.45) is 0 Å². The van der Waals surface area contributed by atoms with E-state index in [-0.39, 0.29) is 5.69 Å². The van der Waals surface area contributed by atoms with Crippen LogP contribution in [0.25, 0.3) is 0 Å². The van der Waals surface area contributed by atoms with Crippen molar-refractivity contribution >= 4 is 15.7 Å². The first kappa shape index (κ1) is 13.8. The molecular formula is C10H12F3NO2S. The highest BCUT2D eigenvalue weighted by molar-refractivity contribution is 7.93. The molecule has 17 heavy (non-hydrogen) atoms. The van der Waals surface area contributed by atoms with E-state index in [1.54, 1.807) is 0 Å². The fourth-order valence-electron chi connectivity index (χ4n) is 1.01. The van der Waals surface area contributed by atoms with Gasteiger partial charge in [-0.1, -0.05) is 0 Å². The highest BCUT2D eigenvalue weighted by atomic mass is 32.2. The van der Waals surface area contributed by atoms with Crippen molar-refractivity contribution in [1.82, 2.24) is 0 Å². The smallest absolute Gasteiger partial charge is 0.283 e. The van der Waals surface area contributed by atoms with Gasteiger partial charge in [-0.3, -0.25) is 4.72 Å². The molecule has 0 radical (unpaired) electrons. The van der Waals surface area contributed by atoms with E-state index in [1.807, 2.05) is 0 Å². The number of alkyl halides is 3. The van der Waals surface area contributed by atoms with Crippen LogP contribution in [0.15, 0.2) is 24.3 Å². The van der Waals surface area contributed by atoms with Gasteiger partial charge < -0.3 is 0 Å². The second-order valence-electron chi connectivity index (χ2n) is 3.77. The van der Waals surface area contributed by atoms with Gasteiger partial charge in [0.2, 0.25) is 10.0 Å². The molecule has 0 spiro atoms. The summed E-state index contributed by atoms with van der Waals surface area (Å²) < 4.78 is 61.8. The number of halogens is 3. The molecule has 0 heterocycles. The Kier molecular flexibility index (Phi) is 3.71. The molecule has 0 aliphatic carbocycles. The molecule has 1 rings (SSSR count). The number of hydrogen-bond acceptors (Lipinski definition) is 2. The van der Waals surface area contributed by atoms with Gasteiger partial charge in [0.15, 0.2) is 0 Å². The summed E-state index contributed by atoms with van der Waals surface area (Å²) in [7, 11) is -3.53. The van der Waals surface area contributed by atoms with Crippen LogP contribution in [-0.4, -0.2) is 13.7 Å². The Balaban J connectivity index is 2.91. The Morgan fingerprint density at radius 1 is 1.12 bits per heavy atom. The lowest BCUT2D eigenvalue weighted by atomic mass is 10.2. The number of benzene rings is 1. The lowest BCUT2D eigenvalue weighted by Gasteiger charge is -2.12. The summed E-state index contributed by atoms with van der Waals surface area (Å²) >= 11 is 0. The van der Waals surface area contributed by atoms with Crippen molar-refractivity contribution in [3.8, 4) is 0 Å². The molecule has 1 N–H and O–H groups in total. The van der Waals surface area contributed by atoms with Crippen molar-refractivity contribution in [1.29, 1.82) is 0 Å². The van der Waals surface area contributed by atoms with Crippen molar-refractivity contribution < 1.29 is 21.6 Å². The van der Waals surface area contributed by atoms with E-state index in [4.69, 9.17) is 0 Å². The molecule has 0 saturated carbocycles. The zero-order valence-electron chi connectivity index (χ0n) is 9.25. The first-order valence-electron chi connectivity index (χ1n) is 4.82. The molecule has 1 aromatic rings. The summed E-state index contributed by atoms with van der Waals surface area (Å²) in [4.78, 5) is 0. The van der Waals surface area contributed by atoms with Crippen LogP contribution in [0.5, 0.6) is 0 Å². The third kappa shape index (κ3) is 3.62. The second kappa shape index (κ2) is 4.56. The van der Waals surface area contributed by atoms with Crippen LogP contribution in [0.2, 0.25) is 0 Å². The lowest BCUT2D eigenvalue weighted by Crippen LogP contribution is -2.22. The molecule has 96 valence electrons. The fourth-order valence-corrected chi connectivity index (χ4v) is 1.71. The van der Waals surface area contributed by atoms with Gasteiger partial charge in [0.1, 0.15) is 0 Å². The third-order valence-electron chi connectivity index (χ3n) is 2.09. The third-order valence-corrected chi connectivity index (χ3v) is 3.85. The average Bonchev–Trinajstić information content (AvgIpc) is 2.16. The Morgan fingerprint density at radius 2 is 1.59 bits per heavy atom. The van der Waals surface area contributed by atoms with Crippen LogP contribution in [-0.2, 0) is 16.2 Å². The highest BCUT2D eigenvalue weighted by Gasteiger charge is 2.30. The molecule has 0 atom stereocenters. The maximum absolute atomic E-state index is 12.2. The molecule has 1 aromatic carbocycles. The first-order valence-corrected chi connectivity index (χ1v) is 6.36. The van der Waals surface area contributed by atoms with Crippen molar-refractivity contribution in [2.45, 2.75) is 25.3 Å². The predicted octanol–water partition coefficient (Wildman–Crippen LogP) is 2.86. The number of hydrogen-bond donors (Lipinski definition) is 1. The molecule has 0 aromatic heterocycles. The summed E-state index contributed by atoms with van der Waals surface area (Å²) in [6, 6.07) is 3.84. The standard InChI is InChI=1S/C10H12F3NO2S/c1-7(2)17(15,16)14-9-5-3-8(4-6-9)10(11,12)13/h3-7,14H,1-2H3. The van der Waals surface area contributed by atoms with Crippen molar-refractivity contribution in [3.05, 3.63) is 29.8 Å². The molecule has 7 heteroatoms. The molecule has 0 aliphatic rings. The van der Waals surface area contributed by atoms with E-state index in [2.05, 4.69) is 4.72 Å². The molecule has 0 amide bonds. The Labute approximate surface area is 97.7 Å². The van der Waals surface area contributed by atoms with E-state index < -0.39 is 27.0 Å². The highest BCUT2D eigenvalue weighted by Crippen LogP contribution is 2.30. The Bertz CT molecular complexity index is 477. The second-order valence-corrected chi connectivity index (χ2v) is 6.01. The normalized spacial score (nSPS) is 12.8. The van der Waals surface area contributed by atoms with E-state index in [1.165, 1.54) is 13.8 Å². The van der Waals surface area contributed by atoms with Crippen LogP contribution >= 0.6 is 0 Å². The Morgan fingerprint density at radius 3 is 1.94 bits per heavy atom. The van der Waals surface area contributed by atoms with Crippen molar-refractivity contribution in [2.75, 3.05) is 4.72 Å². The van der Waals surface area contributed by atoms with E-state index in [0.29, 0.717) is 0 Å². The monoisotopic (exact) mass is 267 g/mol. The van der Waals surface area contributed by atoms with E-state index in [9.17, 15) is 21.6 Å². The minimum Gasteiger partial charge on any atom is -0.283 e. The van der Waals surface area contributed by atoms with Gasteiger partial charge in [-0.05, 0) is 38.1 Å². The van der Waals surface area contributed by atoms with E-state index >= 15 is 0 Å². The molecule has 0 bridgehead atoms. The van der Waals surface area contributed by atoms with Crippen LogP contribution in [0.3, 0.4) is 0 Å². The van der Waals surface area contributed by atoms with Crippen molar-refractivity contribution in [3.63, 3.8) is 0 Å². The zero-order valence-corrected chi connectivity index (χ0v) is 10.1. The minimum atomic E-state index is -4.42. The van der Waals surface area contributed by atoms with Crippen LogP contribution in [0, 0.1) is 0 Å². The number of nitrogens with one attached hydrogen (secondary N) is 1. The maximum atomic E-state index is 12.2. The SMILES string of the molecule is CC(C)S(=O)(=O)Nc1ccc(C(F)(F)F)cc1. The summed E-state index contributed by atoms with van der Waals surface area (Å²) in [6.45, 7) is 2.96. The van der Waals surface area contributed by atoms with Crippen LogP contribution in [0.4, 0.5) is 18.9 Å². The van der Waals surface area contributed by atoms with Gasteiger partial charge >= 0.3 is 6.18 Å². The molecule has 0 saturated heterocycles. The average molecular weight is 267 g/mol. The zero-order chi connectivity index (χ0) is 13.3. The van der Waals surface area contributed by atoms with Gasteiger partial charge in [0.05, 0.1) is 10.8 Å². The molecular weight excluding hydrogens is 255 g/mol. The van der Waals surface area contributed by atoms with Gasteiger partial charge in [-0.25, -0.2) is 8.42 Å². The number of anilines is 1. The summed E-state index contributed by atoms with van der Waals surface area (Å²) in [5.41, 5.74) is -0.698. The molecule has 0 unspecified atom stereocenters. The van der Waals surface area contributed by atoms with Gasteiger partial charge in [-0.15, -0.1) is 0 Å². The topological polar surface area (TPSA) is 46.2 Å². The predicted molar refractivity (Wildman–Crippen MR) is 59.1 cm³/mol. The first-order chi connectivity index (χ1) is 7.63. The Hall–Kier alpha value is -1.24. The lowest BCUT2D eigenvalue weighted by molar-refractivity contribution is -0.137. The maximum Gasteiger partial charge on any atom is 0.416 e.